The predicted molar refractivity (Wildman–Crippen MR) is 82.7 cm³/mol. The summed E-state index contributed by atoms with van der Waals surface area (Å²) in [5.74, 6) is 0. The highest BCUT2D eigenvalue weighted by atomic mass is 15.1. The van der Waals surface area contributed by atoms with Gasteiger partial charge in [-0.2, -0.15) is 0 Å². The molecule has 0 saturated heterocycles. The molecule has 2 rings (SSSR count). The van der Waals surface area contributed by atoms with Crippen molar-refractivity contribution in [3.63, 3.8) is 0 Å². The van der Waals surface area contributed by atoms with E-state index in [0.717, 1.165) is 19.6 Å². The highest BCUT2D eigenvalue weighted by Crippen LogP contribution is 2.18. The smallest absolute Gasteiger partial charge is 0.0415 e. The molecule has 0 aliphatic rings. The van der Waals surface area contributed by atoms with Crippen molar-refractivity contribution in [2.45, 2.75) is 20.4 Å². The van der Waals surface area contributed by atoms with Gasteiger partial charge in [0.2, 0.25) is 0 Å². The van der Waals surface area contributed by atoms with Gasteiger partial charge in [0, 0.05) is 50.5 Å². The zero-order chi connectivity index (χ0) is 13.7. The maximum absolute atomic E-state index is 3.44. The molecule has 1 aromatic heterocycles. The van der Waals surface area contributed by atoms with Crippen molar-refractivity contribution in [1.29, 1.82) is 0 Å². The molecule has 0 fully saturated rings. The number of nitrogens with one attached hydrogen (secondary N) is 1. The fraction of sp³-hybridized carbons (Fsp3) is 0.375. The Hall–Kier alpha value is -1.90. The van der Waals surface area contributed by atoms with Crippen LogP contribution in [0.25, 0.3) is 0 Å². The topological polar surface area (TPSA) is 20.2 Å². The van der Waals surface area contributed by atoms with Gasteiger partial charge in [-0.25, -0.2) is 0 Å². The molecular formula is C16H23N3. The first kappa shape index (κ1) is 13.5. The Kier molecular flexibility index (Phi) is 4.50. The molecule has 19 heavy (non-hydrogen) atoms. The number of hydrogen-bond donors (Lipinski definition) is 1. The Bertz CT molecular complexity index is 495. The lowest BCUT2D eigenvalue weighted by atomic mass is 10.2. The maximum atomic E-state index is 3.44. The minimum Gasteiger partial charge on any atom is -0.381 e. The van der Waals surface area contributed by atoms with E-state index in [9.17, 15) is 0 Å². The van der Waals surface area contributed by atoms with E-state index < -0.39 is 0 Å². The van der Waals surface area contributed by atoms with Crippen LogP contribution in [-0.2, 0) is 13.6 Å². The van der Waals surface area contributed by atoms with E-state index in [0.29, 0.717) is 0 Å². The van der Waals surface area contributed by atoms with Crippen molar-refractivity contribution >= 4 is 11.4 Å². The molecule has 3 nitrogen and oxygen atoms in total. The third-order valence-electron chi connectivity index (χ3n) is 3.39. The second kappa shape index (κ2) is 6.32. The molecule has 2 aromatic rings. The molecule has 0 saturated carbocycles. The van der Waals surface area contributed by atoms with Gasteiger partial charge >= 0.3 is 0 Å². The van der Waals surface area contributed by atoms with E-state index in [-0.39, 0.29) is 0 Å². The van der Waals surface area contributed by atoms with Crippen LogP contribution < -0.4 is 10.2 Å². The van der Waals surface area contributed by atoms with E-state index in [4.69, 9.17) is 0 Å². The van der Waals surface area contributed by atoms with Crippen LogP contribution in [0.2, 0.25) is 0 Å². The van der Waals surface area contributed by atoms with E-state index >= 15 is 0 Å². The van der Waals surface area contributed by atoms with Gasteiger partial charge in [0.25, 0.3) is 0 Å². The van der Waals surface area contributed by atoms with Gasteiger partial charge in [-0.1, -0.05) is 0 Å². The van der Waals surface area contributed by atoms with Gasteiger partial charge in [-0.3, -0.25) is 0 Å². The minimum absolute atomic E-state index is 0.867. The fourth-order valence-electron chi connectivity index (χ4n) is 2.25. The molecule has 0 aliphatic carbocycles. The lowest BCUT2D eigenvalue weighted by Crippen LogP contribution is -2.21. The van der Waals surface area contributed by atoms with Crippen LogP contribution in [0.3, 0.4) is 0 Å². The normalized spacial score (nSPS) is 10.5. The van der Waals surface area contributed by atoms with Crippen molar-refractivity contribution in [3.05, 3.63) is 48.3 Å². The summed E-state index contributed by atoms with van der Waals surface area (Å²) < 4.78 is 2.07. The summed E-state index contributed by atoms with van der Waals surface area (Å²) >= 11 is 0. The molecule has 0 atom stereocenters. The molecule has 0 aliphatic heterocycles. The first-order valence-electron chi connectivity index (χ1n) is 6.92. The summed E-state index contributed by atoms with van der Waals surface area (Å²) in [5, 5.41) is 3.44. The number of hydrogen-bond acceptors (Lipinski definition) is 2. The van der Waals surface area contributed by atoms with E-state index in [1.165, 1.54) is 16.9 Å². The second-order valence-corrected chi connectivity index (χ2v) is 4.76. The summed E-state index contributed by atoms with van der Waals surface area (Å²) in [6.45, 7) is 7.34. The number of anilines is 2. The fourth-order valence-corrected chi connectivity index (χ4v) is 2.25. The third-order valence-corrected chi connectivity index (χ3v) is 3.39. The zero-order valence-corrected chi connectivity index (χ0v) is 12.1. The van der Waals surface area contributed by atoms with E-state index in [1.54, 1.807) is 0 Å². The summed E-state index contributed by atoms with van der Waals surface area (Å²) in [5.41, 5.74) is 3.75. The number of aromatic nitrogens is 1. The molecule has 1 N–H and O–H groups in total. The second-order valence-electron chi connectivity index (χ2n) is 4.76. The van der Waals surface area contributed by atoms with Crippen molar-refractivity contribution in [3.8, 4) is 0 Å². The highest BCUT2D eigenvalue weighted by molar-refractivity contribution is 5.55. The van der Waals surface area contributed by atoms with E-state index in [1.807, 2.05) is 7.05 Å². The Labute approximate surface area is 115 Å². The molecule has 0 bridgehead atoms. The summed E-state index contributed by atoms with van der Waals surface area (Å²) in [4.78, 5) is 2.35. The SMILES string of the molecule is CCN(CC)c1ccc(NCc2ccn(C)c2)cc1. The Morgan fingerprint density at radius 1 is 1.05 bits per heavy atom. The van der Waals surface area contributed by atoms with Crippen LogP contribution in [0.5, 0.6) is 0 Å². The Morgan fingerprint density at radius 2 is 1.74 bits per heavy atom. The summed E-state index contributed by atoms with van der Waals surface area (Å²) in [6.07, 6.45) is 4.21. The molecule has 0 amide bonds. The Morgan fingerprint density at radius 3 is 2.26 bits per heavy atom. The first-order valence-corrected chi connectivity index (χ1v) is 6.92. The van der Waals surface area contributed by atoms with Crippen molar-refractivity contribution < 1.29 is 0 Å². The largest absolute Gasteiger partial charge is 0.381 e. The van der Waals surface area contributed by atoms with Crippen LogP contribution in [-0.4, -0.2) is 17.7 Å². The van der Waals surface area contributed by atoms with Gasteiger partial charge < -0.3 is 14.8 Å². The van der Waals surface area contributed by atoms with Gasteiger partial charge in [-0.15, -0.1) is 0 Å². The molecule has 3 heteroatoms. The number of nitrogens with zero attached hydrogens (tertiary/aromatic N) is 2. The number of aryl methyl sites for hydroxylation is 1. The molecule has 0 radical (unpaired) electrons. The minimum atomic E-state index is 0.867. The lowest BCUT2D eigenvalue weighted by molar-refractivity contribution is 0.866. The van der Waals surface area contributed by atoms with Crippen LogP contribution in [0.1, 0.15) is 19.4 Å². The van der Waals surface area contributed by atoms with Crippen LogP contribution in [0.15, 0.2) is 42.7 Å². The van der Waals surface area contributed by atoms with Crippen molar-refractivity contribution in [1.82, 2.24) is 4.57 Å². The zero-order valence-electron chi connectivity index (χ0n) is 12.1. The van der Waals surface area contributed by atoms with E-state index in [2.05, 4.69) is 71.4 Å². The number of rotatable bonds is 6. The van der Waals surface area contributed by atoms with Gasteiger partial charge in [0.1, 0.15) is 0 Å². The molecule has 1 heterocycles. The average molecular weight is 257 g/mol. The van der Waals surface area contributed by atoms with Crippen molar-refractivity contribution in [2.75, 3.05) is 23.3 Å². The van der Waals surface area contributed by atoms with Gasteiger partial charge in [0.15, 0.2) is 0 Å². The first-order chi connectivity index (χ1) is 9.22. The van der Waals surface area contributed by atoms with Gasteiger partial charge in [0.05, 0.1) is 0 Å². The average Bonchev–Trinajstić information content (AvgIpc) is 2.85. The molecule has 102 valence electrons. The van der Waals surface area contributed by atoms with Crippen LogP contribution in [0, 0.1) is 0 Å². The maximum Gasteiger partial charge on any atom is 0.0415 e. The Balaban J connectivity index is 1.95. The van der Waals surface area contributed by atoms with Gasteiger partial charge in [-0.05, 0) is 49.7 Å². The standard InChI is InChI=1S/C16H23N3/c1-4-19(5-2)16-8-6-15(7-9-16)17-12-14-10-11-18(3)13-14/h6-11,13,17H,4-5,12H2,1-3H3. The molecular weight excluding hydrogens is 234 g/mol. The lowest BCUT2D eigenvalue weighted by Gasteiger charge is -2.21. The quantitative estimate of drug-likeness (QED) is 0.855. The highest BCUT2D eigenvalue weighted by Gasteiger charge is 2.01. The summed E-state index contributed by atoms with van der Waals surface area (Å²) in [6, 6.07) is 10.8. The summed E-state index contributed by atoms with van der Waals surface area (Å²) in [7, 11) is 2.04. The van der Waals surface area contributed by atoms with Crippen molar-refractivity contribution in [2.24, 2.45) is 7.05 Å². The molecule has 0 spiro atoms. The molecule has 1 aromatic carbocycles. The molecule has 0 unspecified atom stereocenters. The van der Waals surface area contributed by atoms with Crippen LogP contribution >= 0.6 is 0 Å². The number of benzene rings is 1. The van der Waals surface area contributed by atoms with Crippen LogP contribution in [0.4, 0.5) is 11.4 Å². The monoisotopic (exact) mass is 257 g/mol. The third kappa shape index (κ3) is 3.53. The predicted octanol–water partition coefficient (Wildman–Crippen LogP) is 3.48.